The molecule has 0 saturated carbocycles. The van der Waals surface area contributed by atoms with Crippen LogP contribution in [0.3, 0.4) is 0 Å². The molecule has 1 aliphatic rings. The quantitative estimate of drug-likeness (QED) is 0.564. The molecule has 0 saturated heterocycles. The molecule has 120 valence electrons. The fraction of sp³-hybridized carbons (Fsp3) is 0.214. The first-order valence-electron chi connectivity index (χ1n) is 6.64. The van der Waals surface area contributed by atoms with E-state index in [1.54, 1.807) is 6.07 Å². The molecule has 9 heteroatoms. The van der Waals surface area contributed by atoms with Crippen LogP contribution in [0.15, 0.2) is 23.0 Å². The molecule has 0 spiro atoms. The monoisotopic (exact) mass is 432 g/mol. The Hall–Kier alpha value is -2.04. The lowest BCUT2D eigenvalue weighted by Gasteiger charge is -2.30. The van der Waals surface area contributed by atoms with E-state index in [-0.39, 0.29) is 29.4 Å². The van der Waals surface area contributed by atoms with Crippen LogP contribution < -0.4 is 15.8 Å². The number of hydrogen-bond acceptors (Lipinski definition) is 4. The highest BCUT2D eigenvalue weighted by molar-refractivity contribution is 14.1. The lowest BCUT2D eigenvalue weighted by Crippen LogP contribution is -2.40. The Balaban J connectivity index is 2.06. The van der Waals surface area contributed by atoms with E-state index in [1.165, 1.54) is 19.2 Å². The molecule has 6 nitrogen and oxygen atoms in total. The second-order valence-corrected chi connectivity index (χ2v) is 6.32. The van der Waals surface area contributed by atoms with Crippen molar-refractivity contribution in [2.24, 2.45) is 0 Å². The molecule has 1 aromatic carbocycles. The van der Waals surface area contributed by atoms with Gasteiger partial charge in [-0.15, -0.1) is 0 Å². The fourth-order valence-corrected chi connectivity index (χ4v) is 2.92. The van der Waals surface area contributed by atoms with Crippen molar-refractivity contribution >= 4 is 40.0 Å². The van der Waals surface area contributed by atoms with Gasteiger partial charge in [0.2, 0.25) is 5.91 Å². The molecule has 1 aliphatic heterocycles. The average molecular weight is 432 g/mol. The van der Waals surface area contributed by atoms with E-state index in [0.717, 1.165) is 4.90 Å². The number of carbonyl (C=O) groups excluding carboxylic acids is 1. The summed E-state index contributed by atoms with van der Waals surface area (Å²) in [5, 5.41) is 2.84. The molecule has 1 aromatic heterocycles. The maximum absolute atomic E-state index is 14.0. The van der Waals surface area contributed by atoms with Crippen molar-refractivity contribution in [1.29, 1.82) is 0 Å². The molecule has 1 amide bonds. The van der Waals surface area contributed by atoms with Crippen molar-refractivity contribution in [3.05, 3.63) is 49.6 Å². The van der Waals surface area contributed by atoms with E-state index in [0.29, 0.717) is 3.57 Å². The van der Waals surface area contributed by atoms with Crippen LogP contribution in [-0.4, -0.2) is 22.9 Å². The molecule has 2 aromatic rings. The number of nitrogens with one attached hydrogen (secondary N) is 2. The van der Waals surface area contributed by atoms with E-state index in [1.807, 2.05) is 27.6 Å². The zero-order valence-corrected chi connectivity index (χ0v) is 14.0. The first-order valence-corrected chi connectivity index (χ1v) is 7.72. The number of rotatable bonds is 2. The van der Waals surface area contributed by atoms with Crippen molar-refractivity contribution in [2.75, 3.05) is 17.3 Å². The predicted molar refractivity (Wildman–Crippen MR) is 88.3 cm³/mol. The standard InChI is InChI=1S/C14H11F2IN4O2/c1-21-10(22)5-9(11-12(21)19-14(16)20-13(11)23)18-8-3-2-6(17)4-7(8)15/h2-4,9,18H,5H2,1H3,(H,19,20,23). The Labute approximate surface area is 143 Å². The minimum Gasteiger partial charge on any atom is -0.375 e. The van der Waals surface area contributed by atoms with Gasteiger partial charge in [-0.3, -0.25) is 19.5 Å². The number of carbonyl (C=O) groups is 1. The zero-order chi connectivity index (χ0) is 16.7. The van der Waals surface area contributed by atoms with Gasteiger partial charge in [-0.2, -0.15) is 9.37 Å². The van der Waals surface area contributed by atoms with Gasteiger partial charge >= 0.3 is 0 Å². The molecule has 0 bridgehead atoms. The highest BCUT2D eigenvalue weighted by Crippen LogP contribution is 2.32. The Bertz CT molecular complexity index is 855. The SMILES string of the molecule is CN1C(=O)CC(Nc2ccc(I)cc2F)c2c1nc(F)[nH]c2=O. The number of nitrogens with zero attached hydrogens (tertiary/aromatic N) is 2. The van der Waals surface area contributed by atoms with Crippen LogP contribution in [0.25, 0.3) is 0 Å². The number of halogens is 3. The van der Waals surface area contributed by atoms with Crippen molar-refractivity contribution in [3.8, 4) is 0 Å². The minimum absolute atomic E-state index is 0.0640. The summed E-state index contributed by atoms with van der Waals surface area (Å²) in [6.07, 6.45) is -1.14. The molecule has 1 atom stereocenters. The van der Waals surface area contributed by atoms with Gasteiger partial charge in [0.05, 0.1) is 23.7 Å². The van der Waals surface area contributed by atoms with Gasteiger partial charge in [0.15, 0.2) is 5.82 Å². The van der Waals surface area contributed by atoms with Crippen LogP contribution in [0.1, 0.15) is 18.0 Å². The van der Waals surface area contributed by atoms with E-state index >= 15 is 0 Å². The highest BCUT2D eigenvalue weighted by atomic mass is 127. The number of aromatic amines is 1. The van der Waals surface area contributed by atoms with Crippen LogP contribution in [0.4, 0.5) is 20.3 Å². The third kappa shape index (κ3) is 2.92. The Morgan fingerprint density at radius 3 is 2.83 bits per heavy atom. The minimum atomic E-state index is -1.07. The van der Waals surface area contributed by atoms with Gasteiger partial charge < -0.3 is 5.32 Å². The largest absolute Gasteiger partial charge is 0.375 e. The summed E-state index contributed by atoms with van der Waals surface area (Å²) in [6.45, 7) is 0. The van der Waals surface area contributed by atoms with Crippen LogP contribution in [-0.2, 0) is 4.79 Å². The molecule has 0 radical (unpaired) electrons. The number of anilines is 2. The van der Waals surface area contributed by atoms with Crippen molar-refractivity contribution in [3.63, 3.8) is 0 Å². The van der Waals surface area contributed by atoms with E-state index in [4.69, 9.17) is 0 Å². The first-order chi connectivity index (χ1) is 10.9. The number of hydrogen-bond donors (Lipinski definition) is 2. The van der Waals surface area contributed by atoms with Crippen LogP contribution in [0.2, 0.25) is 0 Å². The Morgan fingerprint density at radius 2 is 2.13 bits per heavy atom. The van der Waals surface area contributed by atoms with Gasteiger partial charge in [-0.1, -0.05) is 0 Å². The zero-order valence-electron chi connectivity index (χ0n) is 11.9. The number of aromatic nitrogens is 2. The Morgan fingerprint density at radius 1 is 1.39 bits per heavy atom. The van der Waals surface area contributed by atoms with E-state index in [2.05, 4.69) is 10.3 Å². The summed E-state index contributed by atoms with van der Waals surface area (Å²) >= 11 is 1.97. The van der Waals surface area contributed by atoms with Gasteiger partial charge in [0.25, 0.3) is 11.6 Å². The molecule has 3 rings (SSSR count). The normalized spacial score (nSPS) is 17.1. The Kier molecular flexibility index (Phi) is 4.04. The number of amides is 1. The molecule has 2 heterocycles. The second kappa shape index (κ2) is 5.87. The maximum atomic E-state index is 14.0. The van der Waals surface area contributed by atoms with Crippen LogP contribution in [0.5, 0.6) is 0 Å². The smallest absolute Gasteiger partial charge is 0.291 e. The van der Waals surface area contributed by atoms with Gasteiger partial charge in [-0.25, -0.2) is 4.39 Å². The number of fused-ring (bicyclic) bond motifs is 1. The lowest BCUT2D eigenvalue weighted by molar-refractivity contribution is -0.119. The second-order valence-electron chi connectivity index (χ2n) is 5.07. The molecule has 1 unspecified atom stereocenters. The molecule has 0 aliphatic carbocycles. The topological polar surface area (TPSA) is 78.1 Å². The van der Waals surface area contributed by atoms with Crippen LogP contribution in [0, 0.1) is 15.5 Å². The van der Waals surface area contributed by atoms with Gasteiger partial charge in [-0.05, 0) is 40.8 Å². The molecule has 0 fully saturated rings. The van der Waals surface area contributed by atoms with Crippen molar-refractivity contribution in [2.45, 2.75) is 12.5 Å². The summed E-state index contributed by atoms with van der Waals surface area (Å²) in [7, 11) is 1.41. The fourth-order valence-electron chi connectivity index (χ4n) is 2.46. The molecule has 2 N–H and O–H groups in total. The molecular formula is C14H11F2IN4O2. The predicted octanol–water partition coefficient (Wildman–Crippen LogP) is 2.17. The number of benzene rings is 1. The lowest BCUT2D eigenvalue weighted by atomic mass is 10.00. The average Bonchev–Trinajstić information content (AvgIpc) is 2.46. The molecular weight excluding hydrogens is 421 g/mol. The molecule has 23 heavy (non-hydrogen) atoms. The third-order valence-corrected chi connectivity index (χ3v) is 4.26. The first kappa shape index (κ1) is 15.8. The van der Waals surface area contributed by atoms with E-state index < -0.39 is 23.5 Å². The third-order valence-electron chi connectivity index (χ3n) is 3.59. The van der Waals surface area contributed by atoms with Gasteiger partial charge in [0.1, 0.15) is 5.82 Å². The van der Waals surface area contributed by atoms with Crippen molar-refractivity contribution < 1.29 is 13.6 Å². The maximum Gasteiger partial charge on any atom is 0.291 e. The highest BCUT2D eigenvalue weighted by Gasteiger charge is 2.34. The summed E-state index contributed by atoms with van der Waals surface area (Å²) < 4.78 is 28.0. The summed E-state index contributed by atoms with van der Waals surface area (Å²) in [4.78, 5) is 30.8. The summed E-state index contributed by atoms with van der Waals surface area (Å²) in [5.41, 5.74) is -0.441. The van der Waals surface area contributed by atoms with Gasteiger partial charge in [0, 0.05) is 10.6 Å². The van der Waals surface area contributed by atoms with Crippen LogP contribution >= 0.6 is 22.6 Å². The number of H-pyrrole nitrogens is 1. The summed E-state index contributed by atoms with van der Waals surface area (Å²) in [5.74, 6) is -0.916. The van der Waals surface area contributed by atoms with E-state index in [9.17, 15) is 18.4 Å². The van der Waals surface area contributed by atoms with Crippen molar-refractivity contribution in [1.82, 2.24) is 9.97 Å². The summed E-state index contributed by atoms with van der Waals surface area (Å²) in [6, 6.07) is 3.75.